The molecule has 1 aliphatic carbocycles. The number of rotatable bonds is 5. The average Bonchev–Trinajstić information content (AvgIpc) is 3.31. The van der Waals surface area contributed by atoms with Crippen LogP contribution in [-0.2, 0) is 11.3 Å². The Morgan fingerprint density at radius 1 is 1.10 bits per heavy atom. The monoisotopic (exact) mass is 344 g/mol. The molecule has 0 saturated heterocycles. The number of nitrogens with one attached hydrogen (secondary N) is 2. The van der Waals surface area contributed by atoms with Crippen LogP contribution < -0.4 is 10.6 Å². The van der Waals surface area contributed by atoms with E-state index in [2.05, 4.69) is 32.6 Å². The maximum absolute atomic E-state index is 11.8. The first-order chi connectivity index (χ1) is 10.2. The third kappa shape index (κ3) is 3.85. The number of halogens is 1. The van der Waals surface area contributed by atoms with Crippen LogP contribution in [0.25, 0.3) is 0 Å². The van der Waals surface area contributed by atoms with Crippen LogP contribution in [0.15, 0.2) is 53.0 Å². The van der Waals surface area contributed by atoms with E-state index in [1.54, 1.807) is 0 Å². The van der Waals surface area contributed by atoms with E-state index < -0.39 is 0 Å². The maximum atomic E-state index is 11.8. The van der Waals surface area contributed by atoms with Gasteiger partial charge in [0.25, 0.3) is 0 Å². The lowest BCUT2D eigenvalue weighted by molar-refractivity contribution is -0.117. The number of benzene rings is 2. The van der Waals surface area contributed by atoms with E-state index in [0.29, 0.717) is 0 Å². The standard InChI is InChI=1S/C17H17BrN2O/c18-16-7-2-1-4-13(16)11-19-14-5-3-6-15(10-14)20-17(21)12-8-9-12/h1-7,10,12,19H,8-9,11H2,(H,20,21). The molecule has 1 amide bonds. The number of hydrogen-bond donors (Lipinski definition) is 2. The van der Waals surface area contributed by atoms with E-state index in [1.807, 2.05) is 42.5 Å². The molecule has 2 aromatic rings. The van der Waals surface area contributed by atoms with Crippen LogP contribution in [0.2, 0.25) is 0 Å². The van der Waals surface area contributed by atoms with Crippen molar-refractivity contribution in [2.24, 2.45) is 5.92 Å². The van der Waals surface area contributed by atoms with Crippen molar-refractivity contribution in [1.29, 1.82) is 0 Å². The first-order valence-electron chi connectivity index (χ1n) is 7.10. The minimum absolute atomic E-state index is 0.137. The van der Waals surface area contributed by atoms with Crippen LogP contribution in [0.3, 0.4) is 0 Å². The average molecular weight is 345 g/mol. The lowest BCUT2D eigenvalue weighted by Gasteiger charge is -2.10. The predicted octanol–water partition coefficient (Wildman–Crippen LogP) is 4.41. The minimum atomic E-state index is 0.137. The number of anilines is 2. The molecule has 0 aliphatic heterocycles. The Morgan fingerprint density at radius 2 is 1.86 bits per heavy atom. The Kier molecular flexibility index (Phi) is 4.25. The molecule has 0 aromatic heterocycles. The lowest BCUT2D eigenvalue weighted by atomic mass is 10.2. The van der Waals surface area contributed by atoms with Gasteiger partial charge in [0, 0.05) is 28.3 Å². The summed E-state index contributed by atoms with van der Waals surface area (Å²) >= 11 is 3.54. The Labute approximate surface area is 132 Å². The van der Waals surface area contributed by atoms with Crippen molar-refractivity contribution in [3.05, 3.63) is 58.6 Å². The molecule has 1 fully saturated rings. The third-order valence-electron chi connectivity index (χ3n) is 3.52. The van der Waals surface area contributed by atoms with Crippen LogP contribution in [0, 0.1) is 5.92 Å². The van der Waals surface area contributed by atoms with Crippen LogP contribution in [0.4, 0.5) is 11.4 Å². The van der Waals surface area contributed by atoms with Gasteiger partial charge in [-0.25, -0.2) is 0 Å². The Morgan fingerprint density at radius 3 is 2.62 bits per heavy atom. The van der Waals surface area contributed by atoms with Crippen molar-refractivity contribution in [3.8, 4) is 0 Å². The summed E-state index contributed by atoms with van der Waals surface area (Å²) in [6.07, 6.45) is 2.04. The van der Waals surface area contributed by atoms with Gasteiger partial charge >= 0.3 is 0 Å². The van der Waals surface area contributed by atoms with E-state index in [-0.39, 0.29) is 11.8 Å². The van der Waals surface area contributed by atoms with Gasteiger partial charge in [0.15, 0.2) is 0 Å². The van der Waals surface area contributed by atoms with Gasteiger partial charge in [0.1, 0.15) is 0 Å². The molecule has 0 radical (unpaired) electrons. The van der Waals surface area contributed by atoms with Gasteiger partial charge in [0.05, 0.1) is 0 Å². The molecule has 2 aromatic carbocycles. The van der Waals surface area contributed by atoms with E-state index >= 15 is 0 Å². The second kappa shape index (κ2) is 6.31. The summed E-state index contributed by atoms with van der Waals surface area (Å²) in [5.41, 5.74) is 3.05. The fraction of sp³-hybridized carbons (Fsp3) is 0.235. The van der Waals surface area contributed by atoms with Gasteiger partial charge in [-0.3, -0.25) is 4.79 Å². The van der Waals surface area contributed by atoms with Crippen molar-refractivity contribution in [2.45, 2.75) is 19.4 Å². The van der Waals surface area contributed by atoms with Gasteiger partial charge in [-0.15, -0.1) is 0 Å². The first kappa shape index (κ1) is 14.1. The molecule has 1 aliphatic rings. The molecular weight excluding hydrogens is 328 g/mol. The Balaban J connectivity index is 1.63. The van der Waals surface area contributed by atoms with Gasteiger partial charge in [-0.1, -0.05) is 40.2 Å². The van der Waals surface area contributed by atoms with E-state index in [4.69, 9.17) is 0 Å². The maximum Gasteiger partial charge on any atom is 0.227 e. The predicted molar refractivity (Wildman–Crippen MR) is 89.3 cm³/mol. The molecule has 0 unspecified atom stereocenters. The zero-order valence-corrected chi connectivity index (χ0v) is 13.2. The van der Waals surface area contributed by atoms with Crippen LogP contribution >= 0.6 is 15.9 Å². The summed E-state index contributed by atoms with van der Waals surface area (Å²) < 4.78 is 1.09. The molecule has 0 atom stereocenters. The highest BCUT2D eigenvalue weighted by Crippen LogP contribution is 2.30. The van der Waals surface area contributed by atoms with Crippen LogP contribution in [-0.4, -0.2) is 5.91 Å². The second-order valence-electron chi connectivity index (χ2n) is 5.29. The fourth-order valence-corrected chi connectivity index (χ4v) is 2.56. The van der Waals surface area contributed by atoms with Crippen molar-refractivity contribution >= 4 is 33.2 Å². The lowest BCUT2D eigenvalue weighted by Crippen LogP contribution is -2.13. The van der Waals surface area contributed by atoms with Gasteiger partial charge < -0.3 is 10.6 Å². The third-order valence-corrected chi connectivity index (χ3v) is 4.29. The fourth-order valence-electron chi connectivity index (χ4n) is 2.14. The highest BCUT2D eigenvalue weighted by molar-refractivity contribution is 9.10. The molecule has 108 valence electrons. The molecule has 0 heterocycles. The second-order valence-corrected chi connectivity index (χ2v) is 6.14. The highest BCUT2D eigenvalue weighted by atomic mass is 79.9. The van der Waals surface area contributed by atoms with Crippen molar-refractivity contribution in [3.63, 3.8) is 0 Å². The molecule has 3 nitrogen and oxygen atoms in total. The number of carbonyl (C=O) groups is 1. The largest absolute Gasteiger partial charge is 0.381 e. The minimum Gasteiger partial charge on any atom is -0.381 e. The Bertz CT molecular complexity index is 653. The molecular formula is C17H17BrN2O. The summed E-state index contributed by atoms with van der Waals surface area (Å²) in [6.45, 7) is 0.738. The van der Waals surface area contributed by atoms with Gasteiger partial charge in [0.2, 0.25) is 5.91 Å². The first-order valence-corrected chi connectivity index (χ1v) is 7.90. The van der Waals surface area contributed by atoms with Crippen LogP contribution in [0.1, 0.15) is 18.4 Å². The zero-order chi connectivity index (χ0) is 14.7. The smallest absolute Gasteiger partial charge is 0.227 e. The highest BCUT2D eigenvalue weighted by Gasteiger charge is 2.29. The summed E-state index contributed by atoms with van der Waals surface area (Å²) in [5.74, 6) is 0.361. The molecule has 4 heteroatoms. The molecule has 21 heavy (non-hydrogen) atoms. The Hall–Kier alpha value is -1.81. The van der Waals surface area contributed by atoms with Crippen LogP contribution in [0.5, 0.6) is 0 Å². The molecule has 0 spiro atoms. The number of hydrogen-bond acceptors (Lipinski definition) is 2. The van der Waals surface area contributed by atoms with Crippen molar-refractivity contribution in [1.82, 2.24) is 0 Å². The van der Waals surface area contributed by atoms with E-state index in [9.17, 15) is 4.79 Å². The zero-order valence-electron chi connectivity index (χ0n) is 11.6. The summed E-state index contributed by atoms with van der Waals surface area (Å²) in [5, 5.41) is 6.34. The van der Waals surface area contributed by atoms with E-state index in [1.165, 1.54) is 5.56 Å². The van der Waals surface area contributed by atoms with E-state index in [0.717, 1.165) is 35.2 Å². The molecule has 2 N–H and O–H groups in total. The number of amides is 1. The summed E-state index contributed by atoms with van der Waals surface area (Å²) in [4.78, 5) is 11.8. The quantitative estimate of drug-likeness (QED) is 0.843. The van der Waals surface area contributed by atoms with Crippen molar-refractivity contribution in [2.75, 3.05) is 10.6 Å². The number of carbonyl (C=O) groups excluding carboxylic acids is 1. The topological polar surface area (TPSA) is 41.1 Å². The molecule has 0 bridgehead atoms. The molecule has 3 rings (SSSR count). The normalized spacial score (nSPS) is 13.8. The molecule has 1 saturated carbocycles. The van der Waals surface area contributed by atoms with Gasteiger partial charge in [-0.05, 0) is 42.7 Å². The van der Waals surface area contributed by atoms with Gasteiger partial charge in [-0.2, -0.15) is 0 Å². The SMILES string of the molecule is O=C(Nc1cccc(NCc2ccccc2Br)c1)C1CC1. The summed E-state index contributed by atoms with van der Waals surface area (Å²) in [6, 6.07) is 16.0. The summed E-state index contributed by atoms with van der Waals surface area (Å²) in [7, 11) is 0. The van der Waals surface area contributed by atoms with Crippen molar-refractivity contribution < 1.29 is 4.79 Å².